The van der Waals surface area contributed by atoms with Crippen molar-refractivity contribution in [3.63, 3.8) is 0 Å². The molecule has 118 valence electrons. The molecule has 2 N–H and O–H groups in total. The van der Waals surface area contributed by atoms with Crippen molar-refractivity contribution < 1.29 is 13.2 Å². The summed E-state index contributed by atoms with van der Waals surface area (Å²) in [6, 6.07) is 5.36. The normalized spacial score (nSPS) is 20.0. The average Bonchev–Trinajstić information content (AvgIpc) is 2.88. The predicted molar refractivity (Wildman–Crippen MR) is 78.0 cm³/mol. The first-order valence-corrected chi connectivity index (χ1v) is 7.35. The van der Waals surface area contributed by atoms with Crippen LogP contribution in [0.2, 0.25) is 0 Å². The largest absolute Gasteiger partial charge is 0.416 e. The highest BCUT2D eigenvalue weighted by atomic mass is 19.4. The van der Waals surface area contributed by atoms with Crippen molar-refractivity contribution in [3.8, 4) is 0 Å². The van der Waals surface area contributed by atoms with Crippen LogP contribution in [0.1, 0.15) is 36.8 Å². The van der Waals surface area contributed by atoms with E-state index in [1.807, 2.05) is 14.1 Å². The van der Waals surface area contributed by atoms with E-state index in [0.29, 0.717) is 12.0 Å². The molecule has 1 aliphatic carbocycles. The van der Waals surface area contributed by atoms with E-state index in [4.69, 9.17) is 5.73 Å². The topological polar surface area (TPSA) is 29.3 Å². The summed E-state index contributed by atoms with van der Waals surface area (Å²) in [5, 5.41) is 0. The molecule has 5 heteroatoms. The molecule has 0 amide bonds. The lowest BCUT2D eigenvalue weighted by Gasteiger charge is -2.41. The van der Waals surface area contributed by atoms with Crippen molar-refractivity contribution >= 4 is 0 Å². The zero-order valence-electron chi connectivity index (χ0n) is 12.6. The Balaban J connectivity index is 2.17. The van der Waals surface area contributed by atoms with Gasteiger partial charge in [-0.15, -0.1) is 0 Å². The number of nitrogens with two attached hydrogens (primary N) is 1. The van der Waals surface area contributed by atoms with E-state index in [9.17, 15) is 13.2 Å². The van der Waals surface area contributed by atoms with Crippen LogP contribution in [0.5, 0.6) is 0 Å². The summed E-state index contributed by atoms with van der Waals surface area (Å²) >= 11 is 0. The minimum atomic E-state index is -4.30. The standard InChI is InChI=1S/C16H23F3N2/c1-21(2)15(8-3-4-9-15)14(20)11-12-6-5-7-13(10-12)16(17,18)19/h5-7,10,14H,3-4,8-9,11,20H2,1-2H3. The lowest BCUT2D eigenvalue weighted by Crippen LogP contribution is -2.56. The monoisotopic (exact) mass is 300 g/mol. The minimum Gasteiger partial charge on any atom is -0.326 e. The Bertz CT molecular complexity index is 477. The van der Waals surface area contributed by atoms with Crippen LogP contribution in [-0.2, 0) is 12.6 Å². The molecule has 0 radical (unpaired) electrons. The number of halogens is 3. The molecular weight excluding hydrogens is 277 g/mol. The molecule has 1 aromatic rings. The van der Waals surface area contributed by atoms with Gasteiger partial charge in [0.25, 0.3) is 0 Å². The highest BCUT2D eigenvalue weighted by molar-refractivity contribution is 5.27. The molecule has 1 unspecified atom stereocenters. The molecule has 21 heavy (non-hydrogen) atoms. The highest BCUT2D eigenvalue weighted by Gasteiger charge is 2.41. The first-order valence-electron chi connectivity index (χ1n) is 7.35. The molecule has 0 saturated heterocycles. The molecule has 2 rings (SSSR count). The number of hydrogen-bond acceptors (Lipinski definition) is 2. The van der Waals surface area contributed by atoms with E-state index in [-0.39, 0.29) is 11.6 Å². The summed E-state index contributed by atoms with van der Waals surface area (Å²) in [4.78, 5) is 2.15. The molecule has 0 spiro atoms. The number of hydrogen-bond donors (Lipinski definition) is 1. The molecule has 2 nitrogen and oxygen atoms in total. The molecule has 1 saturated carbocycles. The summed E-state index contributed by atoms with van der Waals surface area (Å²) in [6.45, 7) is 0. The number of rotatable bonds is 4. The van der Waals surface area contributed by atoms with Crippen LogP contribution < -0.4 is 5.73 Å². The maximum absolute atomic E-state index is 12.8. The zero-order valence-corrected chi connectivity index (χ0v) is 12.6. The second-order valence-electron chi connectivity index (χ2n) is 6.21. The van der Waals surface area contributed by atoms with Gasteiger partial charge in [0.2, 0.25) is 0 Å². The number of nitrogens with zero attached hydrogens (tertiary/aromatic N) is 1. The minimum absolute atomic E-state index is 0.0891. The second-order valence-corrected chi connectivity index (χ2v) is 6.21. The SMILES string of the molecule is CN(C)C1(C(N)Cc2cccc(C(F)(F)F)c2)CCCC1. The summed E-state index contributed by atoms with van der Waals surface area (Å²) in [7, 11) is 4.02. The number of alkyl halides is 3. The summed E-state index contributed by atoms with van der Waals surface area (Å²) in [5.41, 5.74) is 6.35. The molecule has 0 bridgehead atoms. The lowest BCUT2D eigenvalue weighted by atomic mass is 9.83. The molecule has 0 heterocycles. The van der Waals surface area contributed by atoms with Gasteiger partial charge in [0.05, 0.1) is 5.56 Å². The first-order chi connectivity index (χ1) is 9.75. The summed E-state index contributed by atoms with van der Waals surface area (Å²) in [6.07, 6.45) is 0.470. The van der Waals surface area contributed by atoms with Crippen LogP contribution in [0, 0.1) is 0 Å². The fourth-order valence-corrected chi connectivity index (χ4v) is 3.46. The van der Waals surface area contributed by atoms with Gasteiger partial charge in [-0.05, 0) is 45.0 Å². The van der Waals surface area contributed by atoms with Crippen LogP contribution in [0.3, 0.4) is 0 Å². The van der Waals surface area contributed by atoms with Crippen LogP contribution >= 0.6 is 0 Å². The second kappa shape index (κ2) is 5.97. The first kappa shape index (κ1) is 16.3. The Labute approximate surface area is 124 Å². The van der Waals surface area contributed by atoms with Gasteiger partial charge in [-0.3, -0.25) is 0 Å². The molecule has 0 aromatic heterocycles. The van der Waals surface area contributed by atoms with Gasteiger partial charge >= 0.3 is 6.18 Å². The Morgan fingerprint density at radius 1 is 1.24 bits per heavy atom. The van der Waals surface area contributed by atoms with Crippen molar-refractivity contribution in [1.82, 2.24) is 4.90 Å². The van der Waals surface area contributed by atoms with E-state index in [0.717, 1.165) is 31.7 Å². The van der Waals surface area contributed by atoms with E-state index >= 15 is 0 Å². The Morgan fingerprint density at radius 3 is 2.38 bits per heavy atom. The van der Waals surface area contributed by atoms with E-state index < -0.39 is 11.7 Å². The zero-order chi connectivity index (χ0) is 15.7. The Kier molecular flexibility index (Phi) is 4.63. The fourth-order valence-electron chi connectivity index (χ4n) is 3.46. The van der Waals surface area contributed by atoms with Gasteiger partial charge in [-0.25, -0.2) is 0 Å². The molecule has 1 aromatic carbocycles. The van der Waals surface area contributed by atoms with Crippen molar-refractivity contribution in [2.75, 3.05) is 14.1 Å². The van der Waals surface area contributed by atoms with Crippen LogP contribution in [0.25, 0.3) is 0 Å². The quantitative estimate of drug-likeness (QED) is 0.923. The van der Waals surface area contributed by atoms with Crippen LogP contribution in [-0.4, -0.2) is 30.6 Å². The van der Waals surface area contributed by atoms with Crippen molar-refractivity contribution in [2.45, 2.75) is 49.9 Å². The average molecular weight is 300 g/mol. The van der Waals surface area contributed by atoms with E-state index in [1.165, 1.54) is 12.1 Å². The molecule has 1 aliphatic rings. The third-order valence-corrected chi connectivity index (χ3v) is 4.76. The molecular formula is C16H23F3N2. The molecule has 0 aliphatic heterocycles. The summed E-state index contributed by atoms with van der Waals surface area (Å²) < 4.78 is 38.3. The maximum Gasteiger partial charge on any atom is 0.416 e. The van der Waals surface area contributed by atoms with Crippen molar-refractivity contribution in [2.24, 2.45) is 5.73 Å². The summed E-state index contributed by atoms with van der Waals surface area (Å²) in [5.74, 6) is 0. The molecule has 1 atom stereocenters. The van der Waals surface area contributed by atoms with Crippen LogP contribution in [0.4, 0.5) is 13.2 Å². The third kappa shape index (κ3) is 3.40. The maximum atomic E-state index is 12.8. The van der Waals surface area contributed by atoms with E-state index in [2.05, 4.69) is 4.90 Å². The highest BCUT2D eigenvalue weighted by Crippen LogP contribution is 2.37. The number of likely N-dealkylation sites (N-methyl/N-ethyl adjacent to an activating group) is 1. The Hall–Kier alpha value is -1.07. The van der Waals surface area contributed by atoms with E-state index in [1.54, 1.807) is 6.07 Å². The van der Waals surface area contributed by atoms with Crippen molar-refractivity contribution in [3.05, 3.63) is 35.4 Å². The van der Waals surface area contributed by atoms with Gasteiger partial charge in [0.1, 0.15) is 0 Å². The fraction of sp³-hybridized carbons (Fsp3) is 0.625. The third-order valence-electron chi connectivity index (χ3n) is 4.76. The lowest BCUT2D eigenvalue weighted by molar-refractivity contribution is -0.137. The van der Waals surface area contributed by atoms with Crippen molar-refractivity contribution in [1.29, 1.82) is 0 Å². The predicted octanol–water partition coefficient (Wildman–Crippen LogP) is 3.45. The van der Waals surface area contributed by atoms with Gasteiger partial charge in [-0.2, -0.15) is 13.2 Å². The van der Waals surface area contributed by atoms with Crippen LogP contribution in [0.15, 0.2) is 24.3 Å². The Morgan fingerprint density at radius 2 is 1.86 bits per heavy atom. The molecule has 1 fully saturated rings. The van der Waals surface area contributed by atoms with Gasteiger partial charge in [-0.1, -0.05) is 31.0 Å². The van der Waals surface area contributed by atoms with Gasteiger partial charge in [0, 0.05) is 11.6 Å². The smallest absolute Gasteiger partial charge is 0.326 e. The van der Waals surface area contributed by atoms with Gasteiger partial charge in [0.15, 0.2) is 0 Å². The van der Waals surface area contributed by atoms with Gasteiger partial charge < -0.3 is 10.6 Å². The number of benzene rings is 1.